The molecule has 1 aliphatic heterocycles. The summed E-state index contributed by atoms with van der Waals surface area (Å²) in [5.74, 6) is -1.52. The van der Waals surface area contributed by atoms with Crippen LogP contribution in [0.25, 0.3) is 0 Å². The highest BCUT2D eigenvalue weighted by molar-refractivity contribution is 5.65. The van der Waals surface area contributed by atoms with Crippen molar-refractivity contribution in [1.82, 2.24) is 4.90 Å². The molecule has 2 rings (SSSR count). The van der Waals surface area contributed by atoms with Crippen LogP contribution < -0.4 is 0 Å². The summed E-state index contributed by atoms with van der Waals surface area (Å²) in [4.78, 5) is 12.0. The molecule has 1 aromatic carbocycles. The van der Waals surface area contributed by atoms with Gasteiger partial charge in [-0.2, -0.15) is 5.26 Å². The Hall–Kier alpha value is -2.16. The monoisotopic (exact) mass is 266 g/mol. The van der Waals surface area contributed by atoms with Crippen molar-refractivity contribution in [3.8, 4) is 6.07 Å². The number of halogens is 2. The van der Waals surface area contributed by atoms with E-state index >= 15 is 0 Å². The van der Waals surface area contributed by atoms with Gasteiger partial charge in [-0.15, -0.1) is 0 Å². The number of nitrogens with zero attached hydrogens (tertiary/aromatic N) is 2. The third-order valence-corrected chi connectivity index (χ3v) is 3.54. The Bertz CT molecular complexity index is 526. The van der Waals surface area contributed by atoms with Crippen LogP contribution in [0, 0.1) is 23.0 Å². The molecule has 1 aliphatic rings. The molecule has 0 unspecified atom stereocenters. The molecule has 0 bridgehead atoms. The molecule has 100 valence electrons. The van der Waals surface area contributed by atoms with Gasteiger partial charge in [-0.25, -0.2) is 13.6 Å². The van der Waals surface area contributed by atoms with Crippen molar-refractivity contribution in [1.29, 1.82) is 5.26 Å². The van der Waals surface area contributed by atoms with Gasteiger partial charge >= 0.3 is 6.09 Å². The van der Waals surface area contributed by atoms with E-state index in [1.54, 1.807) is 0 Å². The molecule has 6 heteroatoms. The topological polar surface area (TPSA) is 64.3 Å². The summed E-state index contributed by atoms with van der Waals surface area (Å²) in [6.07, 6.45) is -0.901. The van der Waals surface area contributed by atoms with Crippen LogP contribution >= 0.6 is 0 Å². The second-order valence-corrected chi connectivity index (χ2v) is 4.56. The van der Waals surface area contributed by atoms with Crippen molar-refractivity contribution < 1.29 is 18.7 Å². The molecule has 1 heterocycles. The Morgan fingerprint density at radius 2 is 1.84 bits per heavy atom. The van der Waals surface area contributed by atoms with Gasteiger partial charge in [-0.3, -0.25) is 0 Å². The largest absolute Gasteiger partial charge is 0.465 e. The molecule has 19 heavy (non-hydrogen) atoms. The quantitative estimate of drug-likeness (QED) is 0.849. The molecule has 1 amide bonds. The number of likely N-dealkylation sites (tertiary alicyclic amines) is 1. The molecule has 0 saturated carbocycles. The Balaban J connectivity index is 2.36. The van der Waals surface area contributed by atoms with Crippen LogP contribution in [0.2, 0.25) is 0 Å². The first-order chi connectivity index (χ1) is 9.00. The van der Waals surface area contributed by atoms with Crippen molar-refractivity contribution in [2.75, 3.05) is 13.1 Å². The van der Waals surface area contributed by atoms with E-state index in [2.05, 4.69) is 0 Å². The van der Waals surface area contributed by atoms with Crippen molar-refractivity contribution in [2.45, 2.75) is 18.3 Å². The lowest BCUT2D eigenvalue weighted by atomic mass is 9.73. The lowest BCUT2D eigenvalue weighted by Gasteiger charge is -2.36. The SMILES string of the molecule is N#CC1(c2c(F)cccc2F)CCN(C(=O)O)CC1. The molecule has 4 nitrogen and oxygen atoms in total. The van der Waals surface area contributed by atoms with E-state index in [4.69, 9.17) is 5.11 Å². The van der Waals surface area contributed by atoms with Crippen LogP contribution in [0.4, 0.5) is 13.6 Å². The number of carboxylic acid groups (broad SMARTS) is 1. The normalized spacial score (nSPS) is 17.8. The molecular weight excluding hydrogens is 254 g/mol. The smallest absolute Gasteiger partial charge is 0.407 e. The van der Waals surface area contributed by atoms with Crippen molar-refractivity contribution in [3.05, 3.63) is 35.4 Å². The molecule has 0 radical (unpaired) electrons. The van der Waals surface area contributed by atoms with E-state index in [1.165, 1.54) is 6.07 Å². The standard InChI is InChI=1S/C13H12F2N2O2/c14-9-2-1-3-10(15)11(9)13(8-16)4-6-17(7-5-13)12(18)19/h1-3H,4-7H2,(H,18,19). The van der Waals surface area contributed by atoms with E-state index in [0.29, 0.717) is 0 Å². The summed E-state index contributed by atoms with van der Waals surface area (Å²) in [6, 6.07) is 5.44. The van der Waals surface area contributed by atoms with E-state index in [1.807, 2.05) is 6.07 Å². The first-order valence-corrected chi connectivity index (χ1v) is 5.84. The summed E-state index contributed by atoms with van der Waals surface area (Å²) in [5, 5.41) is 18.2. The Morgan fingerprint density at radius 3 is 2.26 bits per heavy atom. The highest BCUT2D eigenvalue weighted by Gasteiger charge is 2.41. The molecule has 1 aromatic rings. The van der Waals surface area contributed by atoms with Gasteiger partial charge in [0.05, 0.1) is 11.5 Å². The third kappa shape index (κ3) is 2.24. The Kier molecular flexibility index (Phi) is 3.38. The molecule has 0 aliphatic carbocycles. The number of nitriles is 1. The highest BCUT2D eigenvalue weighted by Crippen LogP contribution is 2.37. The summed E-state index contributed by atoms with van der Waals surface area (Å²) in [6.45, 7) is 0.188. The maximum Gasteiger partial charge on any atom is 0.407 e. The number of hydrogen-bond acceptors (Lipinski definition) is 2. The third-order valence-electron chi connectivity index (χ3n) is 3.54. The predicted molar refractivity (Wildman–Crippen MR) is 62.5 cm³/mol. The fraction of sp³-hybridized carbons (Fsp3) is 0.385. The fourth-order valence-corrected chi connectivity index (χ4v) is 2.45. The first-order valence-electron chi connectivity index (χ1n) is 5.84. The average molecular weight is 266 g/mol. The van der Waals surface area contributed by atoms with Crippen LogP contribution in [-0.4, -0.2) is 29.2 Å². The zero-order valence-electron chi connectivity index (χ0n) is 10.1. The molecule has 1 saturated heterocycles. The van der Waals surface area contributed by atoms with Crippen LogP contribution in [0.5, 0.6) is 0 Å². The zero-order valence-corrected chi connectivity index (χ0v) is 10.1. The molecule has 1 N–H and O–H groups in total. The van der Waals surface area contributed by atoms with Gasteiger partial charge in [0, 0.05) is 18.7 Å². The second kappa shape index (κ2) is 4.84. The van der Waals surface area contributed by atoms with Crippen molar-refractivity contribution in [2.24, 2.45) is 0 Å². The summed E-state index contributed by atoms with van der Waals surface area (Å²) < 4.78 is 27.6. The van der Waals surface area contributed by atoms with Gasteiger partial charge in [0.15, 0.2) is 0 Å². The Labute approximate surface area is 108 Å². The fourth-order valence-electron chi connectivity index (χ4n) is 2.45. The average Bonchev–Trinajstić information content (AvgIpc) is 2.39. The van der Waals surface area contributed by atoms with E-state index in [0.717, 1.165) is 17.0 Å². The molecule has 0 atom stereocenters. The number of hydrogen-bond donors (Lipinski definition) is 1. The highest BCUT2D eigenvalue weighted by atomic mass is 19.1. The molecule has 1 fully saturated rings. The van der Waals surface area contributed by atoms with Gasteiger partial charge in [-0.1, -0.05) is 6.07 Å². The zero-order chi connectivity index (χ0) is 14.0. The van der Waals surface area contributed by atoms with Gasteiger partial charge in [0.2, 0.25) is 0 Å². The summed E-state index contributed by atoms with van der Waals surface area (Å²) >= 11 is 0. The maximum atomic E-state index is 13.8. The van der Waals surface area contributed by atoms with Gasteiger partial charge in [0.1, 0.15) is 11.6 Å². The maximum absolute atomic E-state index is 13.8. The molecule has 0 spiro atoms. The minimum Gasteiger partial charge on any atom is -0.465 e. The second-order valence-electron chi connectivity index (χ2n) is 4.56. The van der Waals surface area contributed by atoms with Gasteiger partial charge in [0.25, 0.3) is 0 Å². The first kappa shape index (κ1) is 13.3. The lowest BCUT2D eigenvalue weighted by molar-refractivity contribution is 0.124. The number of carbonyl (C=O) groups is 1. The van der Waals surface area contributed by atoms with Crippen LogP contribution in [0.1, 0.15) is 18.4 Å². The van der Waals surface area contributed by atoms with Crippen LogP contribution in [-0.2, 0) is 5.41 Å². The Morgan fingerprint density at radius 1 is 1.32 bits per heavy atom. The molecule has 0 aromatic heterocycles. The number of amides is 1. The number of rotatable bonds is 1. The van der Waals surface area contributed by atoms with Crippen molar-refractivity contribution >= 4 is 6.09 Å². The van der Waals surface area contributed by atoms with Crippen molar-refractivity contribution in [3.63, 3.8) is 0 Å². The van der Waals surface area contributed by atoms with Crippen LogP contribution in [0.3, 0.4) is 0 Å². The van der Waals surface area contributed by atoms with Crippen LogP contribution in [0.15, 0.2) is 18.2 Å². The van der Waals surface area contributed by atoms with E-state index in [9.17, 15) is 18.8 Å². The predicted octanol–water partition coefficient (Wildman–Crippen LogP) is 2.50. The van der Waals surface area contributed by atoms with Gasteiger partial charge in [-0.05, 0) is 25.0 Å². The van der Waals surface area contributed by atoms with E-state index in [-0.39, 0.29) is 31.5 Å². The summed E-state index contributed by atoms with van der Waals surface area (Å²) in [5.41, 5.74) is -1.54. The number of benzene rings is 1. The molecular formula is C13H12F2N2O2. The lowest BCUT2D eigenvalue weighted by Crippen LogP contribution is -2.44. The summed E-state index contributed by atoms with van der Waals surface area (Å²) in [7, 11) is 0. The van der Waals surface area contributed by atoms with E-state index < -0.39 is 23.1 Å². The minimum absolute atomic E-state index is 0.0909. The van der Waals surface area contributed by atoms with Gasteiger partial charge < -0.3 is 10.0 Å². The number of piperidine rings is 1. The minimum atomic E-state index is -1.29.